The first kappa shape index (κ1) is 15.3. The topological polar surface area (TPSA) is 28.2 Å². The molecule has 0 fully saturated rings. The summed E-state index contributed by atoms with van der Waals surface area (Å²) in [5.41, 5.74) is 1.04. The average Bonchev–Trinajstić information content (AvgIpc) is 2.72. The van der Waals surface area contributed by atoms with Crippen molar-refractivity contribution in [1.29, 1.82) is 0 Å². The van der Waals surface area contributed by atoms with Gasteiger partial charge in [0, 0.05) is 18.5 Å². The molecule has 0 amide bonds. The number of hydrogen-bond donors (Lipinski definition) is 1. The van der Waals surface area contributed by atoms with Crippen molar-refractivity contribution in [2.75, 3.05) is 25.5 Å². The Bertz CT molecular complexity index is 368. The molecule has 1 atom stereocenters. The van der Waals surface area contributed by atoms with Gasteiger partial charge < -0.3 is 10.2 Å². The van der Waals surface area contributed by atoms with Crippen LogP contribution in [0, 0.1) is 0 Å². The number of aromatic nitrogens is 1. The second-order valence-electron chi connectivity index (χ2n) is 4.42. The third kappa shape index (κ3) is 3.88. The molecule has 0 saturated heterocycles. The number of thiazole rings is 1. The Morgan fingerprint density at radius 3 is 2.61 bits per heavy atom. The molecule has 1 unspecified atom stereocenters. The van der Waals surface area contributed by atoms with E-state index in [1.165, 1.54) is 16.2 Å². The smallest absolute Gasteiger partial charge is 0.255 e. The molecule has 0 radical (unpaired) electrons. The Kier molecular flexibility index (Phi) is 5.95. The fourth-order valence-electron chi connectivity index (χ4n) is 1.66. The highest BCUT2D eigenvalue weighted by Gasteiger charge is 2.19. The zero-order valence-corrected chi connectivity index (χ0v) is 12.2. The lowest BCUT2D eigenvalue weighted by molar-refractivity contribution is 0.156. The van der Waals surface area contributed by atoms with Crippen LogP contribution in [0.5, 0.6) is 0 Å². The molecule has 1 aromatic rings. The lowest BCUT2D eigenvalue weighted by Crippen LogP contribution is -2.23. The van der Waals surface area contributed by atoms with Gasteiger partial charge in [0.1, 0.15) is 0 Å². The summed E-state index contributed by atoms with van der Waals surface area (Å²) >= 11 is 1.50. The van der Waals surface area contributed by atoms with E-state index in [2.05, 4.69) is 24.1 Å². The number of nitrogens with zero attached hydrogens (tertiary/aromatic N) is 2. The lowest BCUT2D eigenvalue weighted by Gasteiger charge is -2.14. The maximum atomic E-state index is 12.4. The van der Waals surface area contributed by atoms with Crippen molar-refractivity contribution < 1.29 is 8.78 Å². The molecule has 104 valence electrons. The Hall–Kier alpha value is -0.750. The van der Waals surface area contributed by atoms with Gasteiger partial charge in [-0.25, -0.2) is 13.8 Å². The summed E-state index contributed by atoms with van der Waals surface area (Å²) in [7, 11) is 3.54. The molecule has 0 aliphatic rings. The van der Waals surface area contributed by atoms with Gasteiger partial charge in [-0.3, -0.25) is 0 Å². The van der Waals surface area contributed by atoms with Crippen molar-refractivity contribution >= 4 is 16.5 Å². The van der Waals surface area contributed by atoms with E-state index >= 15 is 0 Å². The summed E-state index contributed by atoms with van der Waals surface area (Å²) in [6.07, 6.45) is -1.34. The molecule has 6 heteroatoms. The number of alkyl halides is 2. The Balaban J connectivity index is 2.93. The van der Waals surface area contributed by atoms with E-state index in [1.807, 2.05) is 7.05 Å². The predicted octanol–water partition coefficient (Wildman–Crippen LogP) is 3.08. The highest BCUT2D eigenvalue weighted by atomic mass is 32.1. The minimum atomic E-state index is -2.33. The van der Waals surface area contributed by atoms with Crippen LogP contribution in [0.25, 0.3) is 0 Å². The molecule has 3 nitrogen and oxygen atoms in total. The zero-order chi connectivity index (χ0) is 13.7. The van der Waals surface area contributed by atoms with Crippen molar-refractivity contribution in [1.82, 2.24) is 10.3 Å². The van der Waals surface area contributed by atoms with Crippen LogP contribution in [0.2, 0.25) is 0 Å². The predicted molar refractivity (Wildman–Crippen MR) is 72.9 cm³/mol. The highest BCUT2D eigenvalue weighted by molar-refractivity contribution is 7.15. The average molecular weight is 277 g/mol. The van der Waals surface area contributed by atoms with E-state index in [0.29, 0.717) is 11.0 Å². The van der Waals surface area contributed by atoms with Gasteiger partial charge in [0.2, 0.25) is 0 Å². The minimum Gasteiger partial charge on any atom is -0.345 e. The maximum Gasteiger partial charge on any atom is 0.255 e. The summed E-state index contributed by atoms with van der Waals surface area (Å²) in [5, 5.41) is 3.78. The maximum absolute atomic E-state index is 12.4. The normalized spacial score (nSPS) is 13.1. The van der Waals surface area contributed by atoms with Crippen LogP contribution in [-0.2, 0) is 6.54 Å². The summed E-state index contributed by atoms with van der Waals surface area (Å²) < 4.78 is 24.7. The van der Waals surface area contributed by atoms with E-state index in [-0.39, 0.29) is 6.54 Å². The number of nitrogens with one attached hydrogen (secondary N) is 1. The summed E-state index contributed by atoms with van der Waals surface area (Å²) in [4.78, 5) is 7.19. The molecule has 0 aliphatic carbocycles. The van der Waals surface area contributed by atoms with Gasteiger partial charge in [-0.2, -0.15) is 0 Å². The van der Waals surface area contributed by atoms with Gasteiger partial charge >= 0.3 is 0 Å². The molecule has 1 aromatic heterocycles. The molecule has 1 rings (SSSR count). The number of anilines is 1. The standard InChI is InChI=1S/C12H21F2N3S/c1-5-8(2)11-9(6-15-3)18-12(16-11)17(4)7-10(13)14/h8,10,15H,5-7H2,1-4H3. The molecule has 18 heavy (non-hydrogen) atoms. The Labute approximate surface area is 111 Å². The second kappa shape index (κ2) is 6.99. The summed E-state index contributed by atoms with van der Waals surface area (Å²) in [5.74, 6) is 0.360. The third-order valence-corrected chi connectivity index (χ3v) is 4.06. The summed E-state index contributed by atoms with van der Waals surface area (Å²) in [6, 6.07) is 0. The molecular formula is C12H21F2N3S. The van der Waals surface area contributed by atoms with E-state index < -0.39 is 6.43 Å². The van der Waals surface area contributed by atoms with Crippen LogP contribution in [0.15, 0.2) is 0 Å². The Morgan fingerprint density at radius 2 is 2.11 bits per heavy atom. The fourth-order valence-corrected chi connectivity index (χ4v) is 2.83. The van der Waals surface area contributed by atoms with Crippen LogP contribution in [0.3, 0.4) is 0 Å². The molecule has 0 bridgehead atoms. The van der Waals surface area contributed by atoms with Gasteiger partial charge in [0.05, 0.1) is 12.2 Å². The summed E-state index contributed by atoms with van der Waals surface area (Å²) in [6.45, 7) is 4.69. The number of halogens is 2. The van der Waals surface area contributed by atoms with E-state index in [0.717, 1.165) is 23.5 Å². The SMILES string of the molecule is CCC(C)c1nc(N(C)CC(F)F)sc1CNC. The molecule has 0 spiro atoms. The van der Waals surface area contributed by atoms with Gasteiger partial charge in [0.25, 0.3) is 6.43 Å². The molecule has 0 aromatic carbocycles. The van der Waals surface area contributed by atoms with Gasteiger partial charge in [-0.15, -0.1) is 11.3 Å². The van der Waals surface area contributed by atoms with Gasteiger partial charge in [-0.1, -0.05) is 13.8 Å². The van der Waals surface area contributed by atoms with Crippen LogP contribution >= 0.6 is 11.3 Å². The van der Waals surface area contributed by atoms with Gasteiger partial charge in [-0.05, 0) is 19.4 Å². The largest absolute Gasteiger partial charge is 0.345 e. The van der Waals surface area contributed by atoms with Crippen molar-refractivity contribution in [2.24, 2.45) is 0 Å². The lowest BCUT2D eigenvalue weighted by atomic mass is 10.0. The van der Waals surface area contributed by atoms with Crippen LogP contribution in [0.1, 0.15) is 36.8 Å². The quantitative estimate of drug-likeness (QED) is 0.830. The first-order valence-corrected chi connectivity index (χ1v) is 6.94. The van der Waals surface area contributed by atoms with Crippen molar-refractivity contribution in [3.8, 4) is 0 Å². The van der Waals surface area contributed by atoms with E-state index in [4.69, 9.17) is 0 Å². The molecule has 0 aliphatic heterocycles. The molecule has 0 saturated carbocycles. The molecule has 1 heterocycles. The second-order valence-corrected chi connectivity index (χ2v) is 5.48. The first-order valence-electron chi connectivity index (χ1n) is 6.13. The third-order valence-electron chi connectivity index (χ3n) is 2.87. The highest BCUT2D eigenvalue weighted by Crippen LogP contribution is 2.31. The van der Waals surface area contributed by atoms with E-state index in [9.17, 15) is 8.78 Å². The monoisotopic (exact) mass is 277 g/mol. The Morgan fingerprint density at radius 1 is 1.44 bits per heavy atom. The van der Waals surface area contributed by atoms with Crippen LogP contribution in [-0.4, -0.2) is 32.0 Å². The first-order chi connectivity index (χ1) is 8.49. The zero-order valence-electron chi connectivity index (χ0n) is 11.3. The van der Waals surface area contributed by atoms with Crippen LogP contribution < -0.4 is 10.2 Å². The number of rotatable bonds is 7. The van der Waals surface area contributed by atoms with Crippen LogP contribution in [0.4, 0.5) is 13.9 Å². The fraction of sp³-hybridized carbons (Fsp3) is 0.750. The molecule has 1 N–H and O–H groups in total. The van der Waals surface area contributed by atoms with Crippen molar-refractivity contribution in [2.45, 2.75) is 39.2 Å². The van der Waals surface area contributed by atoms with E-state index in [1.54, 1.807) is 7.05 Å². The van der Waals surface area contributed by atoms with Gasteiger partial charge in [0.15, 0.2) is 5.13 Å². The minimum absolute atomic E-state index is 0.271. The molecular weight excluding hydrogens is 256 g/mol. The number of hydrogen-bond acceptors (Lipinski definition) is 4. The van der Waals surface area contributed by atoms with Crippen molar-refractivity contribution in [3.05, 3.63) is 10.6 Å². The van der Waals surface area contributed by atoms with Crippen molar-refractivity contribution in [3.63, 3.8) is 0 Å².